The Bertz CT molecular complexity index is 395. The van der Waals surface area contributed by atoms with Gasteiger partial charge in [-0.1, -0.05) is 20.8 Å². The Morgan fingerprint density at radius 3 is 2.47 bits per heavy atom. The van der Waals surface area contributed by atoms with Crippen LogP contribution in [0.15, 0.2) is 0 Å². The van der Waals surface area contributed by atoms with Crippen molar-refractivity contribution in [3.63, 3.8) is 0 Å². The normalized spacial score (nSPS) is 13.3. The number of anilines is 2. The lowest BCUT2D eigenvalue weighted by atomic mass is 10.0. The number of nitrogens with two attached hydrogens (primary N) is 1. The van der Waals surface area contributed by atoms with E-state index in [0.29, 0.717) is 12.0 Å². The highest BCUT2D eigenvalue weighted by Crippen LogP contribution is 2.24. The lowest BCUT2D eigenvalue weighted by Gasteiger charge is -2.27. The number of hydrogen-bond acceptors (Lipinski definition) is 4. The number of likely N-dealkylation sites (N-methyl/N-ethyl adjacent to an activating group) is 1. The van der Waals surface area contributed by atoms with Gasteiger partial charge in [-0.3, -0.25) is 0 Å². The predicted octanol–water partition coefficient (Wildman–Crippen LogP) is 2.18. The zero-order valence-electron chi connectivity index (χ0n) is 13.2. The molecule has 0 bridgehead atoms. The summed E-state index contributed by atoms with van der Waals surface area (Å²) in [6.07, 6.45) is 1.05. The Hall–Kier alpha value is -1.23. The van der Waals surface area contributed by atoms with Crippen molar-refractivity contribution in [2.75, 3.05) is 31.7 Å². The summed E-state index contributed by atoms with van der Waals surface area (Å²) in [5.41, 5.74) is 7.84. The molecule has 0 saturated carbocycles. The second-order valence-corrected chi connectivity index (χ2v) is 5.83. The topological polar surface area (TPSA) is 59.1 Å². The fourth-order valence-corrected chi connectivity index (χ4v) is 2.11. The lowest BCUT2D eigenvalue weighted by Crippen LogP contribution is -2.37. The third-order valence-corrected chi connectivity index (χ3v) is 3.30. The third-order valence-electron chi connectivity index (χ3n) is 3.30. The second-order valence-electron chi connectivity index (χ2n) is 5.83. The van der Waals surface area contributed by atoms with Gasteiger partial charge in [0.2, 0.25) is 0 Å². The minimum atomic E-state index is 0.365. The summed E-state index contributed by atoms with van der Waals surface area (Å²) in [5, 5.41) is 8.09. The Balaban J connectivity index is 2.94. The van der Waals surface area contributed by atoms with Crippen LogP contribution >= 0.6 is 0 Å². The van der Waals surface area contributed by atoms with Gasteiger partial charge in [-0.2, -0.15) is 5.10 Å². The SMILES string of the molecule is CCCn1nc(C)c(N)c1NC(CN(C)C)C(C)C. The fraction of sp³-hybridized carbons (Fsp3) is 0.786. The number of aryl methyl sites for hydroxylation is 2. The molecule has 0 aliphatic heterocycles. The summed E-state index contributed by atoms with van der Waals surface area (Å²) in [5.74, 6) is 1.51. The number of aromatic nitrogens is 2. The molecule has 1 aromatic heterocycles. The molecule has 0 spiro atoms. The molecule has 1 heterocycles. The van der Waals surface area contributed by atoms with Crippen LogP contribution in [0, 0.1) is 12.8 Å². The van der Waals surface area contributed by atoms with Crippen LogP contribution in [-0.4, -0.2) is 41.4 Å². The Morgan fingerprint density at radius 2 is 2.00 bits per heavy atom. The van der Waals surface area contributed by atoms with Gasteiger partial charge in [-0.15, -0.1) is 0 Å². The maximum absolute atomic E-state index is 6.15. The quantitative estimate of drug-likeness (QED) is 0.795. The first-order chi connectivity index (χ1) is 8.86. The number of nitrogens with zero attached hydrogens (tertiary/aromatic N) is 3. The van der Waals surface area contributed by atoms with E-state index in [0.717, 1.165) is 36.7 Å². The van der Waals surface area contributed by atoms with E-state index in [4.69, 9.17) is 5.73 Å². The van der Waals surface area contributed by atoms with Crippen molar-refractivity contribution in [2.24, 2.45) is 5.92 Å². The van der Waals surface area contributed by atoms with Crippen LogP contribution in [0.3, 0.4) is 0 Å². The Labute approximate surface area is 117 Å². The lowest BCUT2D eigenvalue weighted by molar-refractivity contribution is 0.343. The highest BCUT2D eigenvalue weighted by molar-refractivity contribution is 5.65. The third kappa shape index (κ3) is 4.13. The summed E-state index contributed by atoms with van der Waals surface area (Å²) >= 11 is 0. The minimum Gasteiger partial charge on any atom is -0.394 e. The monoisotopic (exact) mass is 267 g/mol. The molecular weight excluding hydrogens is 238 g/mol. The molecular formula is C14H29N5. The minimum absolute atomic E-state index is 0.365. The number of rotatable bonds is 7. The summed E-state index contributed by atoms with van der Waals surface area (Å²) in [6.45, 7) is 10.4. The summed E-state index contributed by atoms with van der Waals surface area (Å²) < 4.78 is 2.00. The zero-order valence-corrected chi connectivity index (χ0v) is 13.2. The molecule has 0 aliphatic rings. The standard InChI is InChI=1S/C14H29N5/c1-7-8-19-14(13(15)11(4)17-19)16-12(10(2)3)9-18(5)6/h10,12,16H,7-9,15H2,1-6H3. The van der Waals surface area contributed by atoms with Crippen LogP contribution in [0.25, 0.3) is 0 Å². The van der Waals surface area contributed by atoms with Gasteiger partial charge in [-0.05, 0) is 33.4 Å². The molecule has 1 unspecified atom stereocenters. The molecule has 1 rings (SSSR count). The molecule has 19 heavy (non-hydrogen) atoms. The van der Waals surface area contributed by atoms with Gasteiger partial charge in [0, 0.05) is 19.1 Å². The van der Waals surface area contributed by atoms with Gasteiger partial charge in [0.25, 0.3) is 0 Å². The second kappa shape index (κ2) is 6.80. The fourth-order valence-electron chi connectivity index (χ4n) is 2.11. The zero-order chi connectivity index (χ0) is 14.6. The summed E-state index contributed by atoms with van der Waals surface area (Å²) in [4.78, 5) is 2.20. The molecule has 0 fully saturated rings. The molecule has 0 saturated heterocycles. The maximum Gasteiger partial charge on any atom is 0.148 e. The van der Waals surface area contributed by atoms with Gasteiger partial charge < -0.3 is 16.0 Å². The van der Waals surface area contributed by atoms with E-state index >= 15 is 0 Å². The van der Waals surface area contributed by atoms with E-state index < -0.39 is 0 Å². The number of nitrogen functional groups attached to an aromatic ring is 1. The molecule has 1 atom stereocenters. The van der Waals surface area contributed by atoms with E-state index in [1.54, 1.807) is 0 Å². The predicted molar refractivity (Wildman–Crippen MR) is 82.5 cm³/mol. The van der Waals surface area contributed by atoms with Crippen molar-refractivity contribution >= 4 is 11.5 Å². The molecule has 0 radical (unpaired) electrons. The van der Waals surface area contributed by atoms with Crippen molar-refractivity contribution in [1.82, 2.24) is 14.7 Å². The van der Waals surface area contributed by atoms with Gasteiger partial charge in [0.1, 0.15) is 5.82 Å². The van der Waals surface area contributed by atoms with Crippen molar-refractivity contribution in [1.29, 1.82) is 0 Å². The van der Waals surface area contributed by atoms with Crippen LogP contribution in [0.2, 0.25) is 0 Å². The highest BCUT2D eigenvalue weighted by Gasteiger charge is 2.19. The van der Waals surface area contributed by atoms with Gasteiger partial charge in [0.15, 0.2) is 0 Å². The van der Waals surface area contributed by atoms with E-state index in [2.05, 4.69) is 50.2 Å². The Kier molecular flexibility index (Phi) is 5.66. The average Bonchev–Trinajstić information content (AvgIpc) is 2.56. The summed E-state index contributed by atoms with van der Waals surface area (Å²) in [7, 11) is 4.18. The highest BCUT2D eigenvalue weighted by atomic mass is 15.3. The molecule has 3 N–H and O–H groups in total. The Morgan fingerprint density at radius 1 is 1.37 bits per heavy atom. The van der Waals surface area contributed by atoms with Crippen molar-refractivity contribution < 1.29 is 0 Å². The van der Waals surface area contributed by atoms with Gasteiger partial charge >= 0.3 is 0 Å². The maximum atomic E-state index is 6.15. The van der Waals surface area contributed by atoms with Crippen LogP contribution in [-0.2, 0) is 6.54 Å². The van der Waals surface area contributed by atoms with Gasteiger partial charge in [-0.25, -0.2) is 4.68 Å². The van der Waals surface area contributed by atoms with E-state index in [-0.39, 0.29) is 0 Å². The average molecular weight is 267 g/mol. The number of hydrogen-bond donors (Lipinski definition) is 2. The van der Waals surface area contributed by atoms with Crippen molar-refractivity contribution in [3.05, 3.63) is 5.69 Å². The van der Waals surface area contributed by atoms with Gasteiger partial charge in [0.05, 0.1) is 11.4 Å². The van der Waals surface area contributed by atoms with Crippen LogP contribution in [0.5, 0.6) is 0 Å². The first-order valence-corrected chi connectivity index (χ1v) is 7.10. The first-order valence-electron chi connectivity index (χ1n) is 7.10. The van der Waals surface area contributed by atoms with Crippen molar-refractivity contribution in [2.45, 2.75) is 46.7 Å². The molecule has 0 aliphatic carbocycles. The van der Waals surface area contributed by atoms with E-state index in [1.165, 1.54) is 0 Å². The van der Waals surface area contributed by atoms with E-state index in [9.17, 15) is 0 Å². The van der Waals surface area contributed by atoms with E-state index in [1.807, 2.05) is 11.6 Å². The van der Waals surface area contributed by atoms with Crippen LogP contribution in [0.4, 0.5) is 11.5 Å². The molecule has 0 amide bonds. The largest absolute Gasteiger partial charge is 0.394 e. The van der Waals surface area contributed by atoms with Crippen LogP contribution < -0.4 is 11.1 Å². The van der Waals surface area contributed by atoms with Crippen molar-refractivity contribution in [3.8, 4) is 0 Å². The number of nitrogens with one attached hydrogen (secondary N) is 1. The summed E-state index contributed by atoms with van der Waals surface area (Å²) in [6, 6.07) is 0.365. The smallest absolute Gasteiger partial charge is 0.148 e. The molecule has 1 aromatic rings. The van der Waals surface area contributed by atoms with Crippen LogP contribution in [0.1, 0.15) is 32.9 Å². The molecule has 0 aromatic carbocycles. The first kappa shape index (κ1) is 15.8. The molecule has 5 nitrogen and oxygen atoms in total. The molecule has 110 valence electrons. The molecule has 5 heteroatoms.